The van der Waals surface area contributed by atoms with E-state index in [0.717, 1.165) is 17.1 Å². The van der Waals surface area contributed by atoms with Gasteiger partial charge in [-0.1, -0.05) is 0 Å². The van der Waals surface area contributed by atoms with E-state index in [1.807, 2.05) is 0 Å². The SMILES string of the molecule is Cc1nc2snc(C=O)c2c(C)c1CC(=O)O. The molecule has 2 rings (SSSR count). The number of carbonyl (C=O) groups excluding carboxylic acids is 1. The van der Waals surface area contributed by atoms with Crippen LogP contribution in [0.15, 0.2) is 0 Å². The molecule has 88 valence electrons. The maximum absolute atomic E-state index is 10.9. The summed E-state index contributed by atoms with van der Waals surface area (Å²) in [5, 5.41) is 9.53. The number of nitrogens with zero attached hydrogens (tertiary/aromatic N) is 2. The van der Waals surface area contributed by atoms with E-state index in [9.17, 15) is 9.59 Å². The molecule has 0 unspecified atom stereocenters. The van der Waals surface area contributed by atoms with E-state index in [4.69, 9.17) is 5.11 Å². The van der Waals surface area contributed by atoms with E-state index < -0.39 is 5.97 Å². The van der Waals surface area contributed by atoms with Crippen molar-refractivity contribution in [3.8, 4) is 0 Å². The van der Waals surface area contributed by atoms with Gasteiger partial charge in [-0.05, 0) is 36.5 Å². The van der Waals surface area contributed by atoms with Crippen LogP contribution in [0.3, 0.4) is 0 Å². The molecule has 0 amide bonds. The molecule has 0 aliphatic carbocycles. The Labute approximate surface area is 101 Å². The summed E-state index contributed by atoms with van der Waals surface area (Å²) in [6.45, 7) is 3.57. The number of pyridine rings is 1. The summed E-state index contributed by atoms with van der Waals surface area (Å²) in [6, 6.07) is 0. The molecule has 17 heavy (non-hydrogen) atoms. The highest BCUT2D eigenvalue weighted by Crippen LogP contribution is 2.27. The minimum atomic E-state index is -0.909. The molecule has 5 nitrogen and oxygen atoms in total. The van der Waals surface area contributed by atoms with Crippen LogP contribution >= 0.6 is 11.5 Å². The largest absolute Gasteiger partial charge is 0.481 e. The van der Waals surface area contributed by atoms with Gasteiger partial charge in [-0.15, -0.1) is 0 Å². The van der Waals surface area contributed by atoms with Crippen LogP contribution in [0.1, 0.15) is 27.3 Å². The molecular weight excluding hydrogens is 240 g/mol. The van der Waals surface area contributed by atoms with Gasteiger partial charge in [0.25, 0.3) is 0 Å². The number of aldehydes is 1. The lowest BCUT2D eigenvalue weighted by molar-refractivity contribution is -0.136. The van der Waals surface area contributed by atoms with Gasteiger partial charge in [0.15, 0.2) is 6.29 Å². The van der Waals surface area contributed by atoms with Gasteiger partial charge in [0, 0.05) is 11.1 Å². The van der Waals surface area contributed by atoms with Crippen molar-refractivity contribution in [3.63, 3.8) is 0 Å². The van der Waals surface area contributed by atoms with Crippen LogP contribution in [0.2, 0.25) is 0 Å². The van der Waals surface area contributed by atoms with Gasteiger partial charge in [0.1, 0.15) is 10.5 Å². The van der Waals surface area contributed by atoms with E-state index in [2.05, 4.69) is 9.36 Å². The molecule has 0 fully saturated rings. The Bertz CT molecular complexity index is 619. The fraction of sp³-hybridized carbons (Fsp3) is 0.273. The second kappa shape index (κ2) is 4.21. The molecular formula is C11H10N2O3S. The number of aryl methyl sites for hydroxylation is 2. The van der Waals surface area contributed by atoms with Crippen LogP contribution in [0.4, 0.5) is 0 Å². The van der Waals surface area contributed by atoms with Crippen molar-refractivity contribution in [2.24, 2.45) is 0 Å². The smallest absolute Gasteiger partial charge is 0.307 e. The quantitative estimate of drug-likeness (QED) is 0.839. The summed E-state index contributed by atoms with van der Waals surface area (Å²) < 4.78 is 4.00. The van der Waals surface area contributed by atoms with Gasteiger partial charge < -0.3 is 5.11 Å². The highest BCUT2D eigenvalue weighted by Gasteiger charge is 2.16. The zero-order chi connectivity index (χ0) is 12.6. The molecule has 2 heterocycles. The number of hydrogen-bond acceptors (Lipinski definition) is 5. The Morgan fingerprint density at radius 3 is 2.76 bits per heavy atom. The van der Waals surface area contributed by atoms with Crippen molar-refractivity contribution < 1.29 is 14.7 Å². The molecule has 2 aromatic rings. The monoisotopic (exact) mass is 250 g/mol. The molecule has 0 aliphatic heterocycles. The number of aliphatic carboxylic acids is 1. The topological polar surface area (TPSA) is 80.2 Å². The van der Waals surface area contributed by atoms with Crippen LogP contribution < -0.4 is 0 Å². The normalized spacial score (nSPS) is 10.7. The first-order valence-corrected chi connectivity index (χ1v) is 5.74. The Morgan fingerprint density at radius 1 is 1.47 bits per heavy atom. The van der Waals surface area contributed by atoms with E-state index >= 15 is 0 Å². The molecule has 0 saturated carbocycles. The average Bonchev–Trinajstić information content (AvgIpc) is 2.66. The minimum absolute atomic E-state index is 0.0885. The van der Waals surface area contributed by atoms with Crippen molar-refractivity contribution >= 4 is 34.0 Å². The summed E-state index contributed by atoms with van der Waals surface area (Å²) in [4.78, 5) is 26.6. The van der Waals surface area contributed by atoms with Crippen LogP contribution in [0, 0.1) is 13.8 Å². The first-order valence-electron chi connectivity index (χ1n) is 4.97. The number of rotatable bonds is 3. The third-order valence-electron chi connectivity index (χ3n) is 2.67. The van der Waals surface area contributed by atoms with E-state index in [0.29, 0.717) is 33.5 Å². The fourth-order valence-electron chi connectivity index (χ4n) is 1.86. The Morgan fingerprint density at radius 2 is 2.18 bits per heavy atom. The van der Waals surface area contributed by atoms with Gasteiger partial charge in [-0.3, -0.25) is 9.59 Å². The number of carboxylic acid groups (broad SMARTS) is 1. The highest BCUT2D eigenvalue weighted by atomic mass is 32.1. The predicted molar refractivity (Wildman–Crippen MR) is 63.6 cm³/mol. The van der Waals surface area contributed by atoms with Crippen LogP contribution in [-0.2, 0) is 11.2 Å². The first kappa shape index (κ1) is 11.7. The maximum Gasteiger partial charge on any atom is 0.307 e. The Hall–Kier alpha value is -1.82. The summed E-state index contributed by atoms with van der Waals surface area (Å²) in [5.74, 6) is -0.909. The minimum Gasteiger partial charge on any atom is -0.481 e. The number of carboxylic acids is 1. The van der Waals surface area contributed by atoms with E-state index in [1.165, 1.54) is 0 Å². The lowest BCUT2D eigenvalue weighted by Gasteiger charge is -2.07. The van der Waals surface area contributed by atoms with Crippen LogP contribution in [0.25, 0.3) is 10.2 Å². The zero-order valence-corrected chi connectivity index (χ0v) is 10.2. The molecule has 1 N–H and O–H groups in total. The van der Waals surface area contributed by atoms with Crippen LogP contribution in [-0.4, -0.2) is 26.7 Å². The number of fused-ring (bicyclic) bond motifs is 1. The first-order chi connectivity index (χ1) is 8.04. The van der Waals surface area contributed by atoms with Gasteiger partial charge in [0.05, 0.1) is 6.42 Å². The lowest BCUT2D eigenvalue weighted by atomic mass is 10.0. The second-order valence-corrected chi connectivity index (χ2v) is 4.49. The van der Waals surface area contributed by atoms with E-state index in [1.54, 1.807) is 13.8 Å². The Balaban J connectivity index is 2.75. The summed E-state index contributed by atoms with van der Waals surface area (Å²) in [5.41, 5.74) is 2.46. The molecule has 0 atom stereocenters. The fourth-order valence-corrected chi connectivity index (χ4v) is 2.70. The van der Waals surface area contributed by atoms with E-state index in [-0.39, 0.29) is 6.42 Å². The average molecular weight is 250 g/mol. The van der Waals surface area contributed by atoms with Crippen molar-refractivity contribution in [2.45, 2.75) is 20.3 Å². The molecule has 0 bridgehead atoms. The molecule has 6 heteroatoms. The second-order valence-electron chi connectivity index (χ2n) is 3.74. The van der Waals surface area contributed by atoms with Crippen molar-refractivity contribution in [1.82, 2.24) is 9.36 Å². The van der Waals surface area contributed by atoms with Gasteiger partial charge in [-0.2, -0.15) is 4.37 Å². The standard InChI is InChI=1S/C11H10N2O3S/c1-5-7(3-9(15)16)6(2)12-11-10(5)8(4-14)13-17-11/h4H,3H2,1-2H3,(H,15,16). The zero-order valence-electron chi connectivity index (χ0n) is 9.35. The molecule has 0 spiro atoms. The predicted octanol–water partition coefficient (Wildman–Crippen LogP) is 1.75. The van der Waals surface area contributed by atoms with Crippen molar-refractivity contribution in [2.75, 3.05) is 0 Å². The lowest BCUT2D eigenvalue weighted by Crippen LogP contribution is -2.06. The number of hydrogen-bond donors (Lipinski definition) is 1. The maximum atomic E-state index is 10.9. The summed E-state index contributed by atoms with van der Waals surface area (Å²) in [6.07, 6.45) is 0.585. The molecule has 0 aliphatic rings. The number of aromatic nitrogens is 2. The third-order valence-corrected chi connectivity index (χ3v) is 3.43. The molecule has 2 aromatic heterocycles. The third kappa shape index (κ3) is 1.91. The molecule has 0 saturated heterocycles. The van der Waals surface area contributed by atoms with Gasteiger partial charge in [0.2, 0.25) is 0 Å². The van der Waals surface area contributed by atoms with Crippen molar-refractivity contribution in [1.29, 1.82) is 0 Å². The summed E-state index contributed by atoms with van der Waals surface area (Å²) in [7, 11) is 0. The number of carbonyl (C=O) groups is 2. The highest BCUT2D eigenvalue weighted by molar-refractivity contribution is 7.13. The van der Waals surface area contributed by atoms with Crippen molar-refractivity contribution in [3.05, 3.63) is 22.5 Å². The molecule has 0 radical (unpaired) electrons. The van der Waals surface area contributed by atoms with Crippen LogP contribution in [0.5, 0.6) is 0 Å². The van der Waals surface area contributed by atoms with Gasteiger partial charge >= 0.3 is 5.97 Å². The Kier molecular flexibility index (Phi) is 2.89. The molecule has 0 aromatic carbocycles. The summed E-state index contributed by atoms with van der Waals surface area (Å²) >= 11 is 1.15. The van der Waals surface area contributed by atoms with Gasteiger partial charge in [-0.25, -0.2) is 4.98 Å².